The summed E-state index contributed by atoms with van der Waals surface area (Å²) in [7, 11) is 0. The summed E-state index contributed by atoms with van der Waals surface area (Å²) in [5.74, 6) is 1.07. The van der Waals surface area contributed by atoms with Crippen LogP contribution in [-0.2, 0) is 6.42 Å². The lowest BCUT2D eigenvalue weighted by molar-refractivity contribution is 0.908. The Morgan fingerprint density at radius 2 is 1.00 bits per heavy atom. The molecule has 55 heavy (non-hydrogen) atoms. The van der Waals surface area contributed by atoms with Gasteiger partial charge in [0.2, 0.25) is 0 Å². The monoisotopic (exact) mass is 703 g/mol. The summed E-state index contributed by atoms with van der Waals surface area (Å²) in [6.07, 6.45) is 4.65. The van der Waals surface area contributed by atoms with Crippen LogP contribution in [0.2, 0.25) is 0 Å². The molecule has 0 atom stereocenters. The summed E-state index contributed by atoms with van der Waals surface area (Å²) in [5, 5.41) is 4.95. The maximum Gasteiger partial charge on any atom is 0.114 e. The Hall–Kier alpha value is -7.10. The molecule has 0 fully saturated rings. The van der Waals surface area contributed by atoms with Gasteiger partial charge in [-0.2, -0.15) is 0 Å². The highest BCUT2D eigenvalue weighted by Crippen LogP contribution is 2.46. The molecule has 10 aromatic rings. The van der Waals surface area contributed by atoms with Crippen LogP contribution in [0.3, 0.4) is 0 Å². The molecular weight excluding hydrogens is 667 g/mol. The number of fused-ring (bicyclic) bond motifs is 3. The van der Waals surface area contributed by atoms with Gasteiger partial charge in [-0.05, 0) is 108 Å². The van der Waals surface area contributed by atoms with Crippen molar-refractivity contribution in [2.24, 2.45) is 0 Å². The van der Waals surface area contributed by atoms with Crippen LogP contribution in [0.4, 0.5) is 0 Å². The Labute approximate surface area is 320 Å². The van der Waals surface area contributed by atoms with Crippen molar-refractivity contribution >= 4 is 32.6 Å². The summed E-state index contributed by atoms with van der Waals surface area (Å²) < 4.78 is 2.29. The minimum absolute atomic E-state index is 0.861. The molecule has 0 amide bonds. The molecule has 0 spiro atoms. The van der Waals surface area contributed by atoms with Crippen LogP contribution in [-0.4, -0.2) is 14.5 Å². The largest absolute Gasteiger partial charge is 0.296 e. The number of para-hydroxylation sites is 2. The van der Waals surface area contributed by atoms with E-state index < -0.39 is 0 Å². The van der Waals surface area contributed by atoms with Crippen molar-refractivity contribution in [3.8, 4) is 61.3 Å². The van der Waals surface area contributed by atoms with Crippen molar-refractivity contribution in [3.05, 3.63) is 200 Å². The molecule has 0 saturated heterocycles. The Kier molecular flexibility index (Phi) is 8.11. The highest BCUT2D eigenvalue weighted by molar-refractivity contribution is 6.22. The van der Waals surface area contributed by atoms with E-state index in [0.29, 0.717) is 0 Å². The van der Waals surface area contributed by atoms with E-state index >= 15 is 0 Å². The Morgan fingerprint density at radius 1 is 0.436 bits per heavy atom. The molecule has 2 heterocycles. The molecule has 3 heteroatoms. The van der Waals surface area contributed by atoms with Crippen LogP contribution in [0.25, 0.3) is 93.9 Å². The number of hydrogen-bond donors (Lipinski definition) is 0. The standard InChI is InChI=1S/C52H37N3/c1-2-50-54-48-25-9-10-26-49(48)55(50)41-18-12-16-39(33-41)38-15-11-14-37(32-38)35-27-29-36(30-28-35)51-44-21-5-7-23-46(44)52(47-24-8-6-22-45(47)51)43-20-4-3-19-42(43)40-17-13-31-53-34-40/h3-34H,2H2,1H3. The third kappa shape index (κ3) is 5.69. The molecule has 0 radical (unpaired) electrons. The highest BCUT2D eigenvalue weighted by Gasteiger charge is 2.19. The quantitative estimate of drug-likeness (QED) is 0.155. The summed E-state index contributed by atoms with van der Waals surface area (Å²) in [5.41, 5.74) is 15.2. The maximum atomic E-state index is 4.92. The molecule has 0 N–H and O–H groups in total. The van der Waals surface area contributed by atoms with Crippen molar-refractivity contribution in [2.45, 2.75) is 13.3 Å². The second-order valence-corrected chi connectivity index (χ2v) is 14.0. The first-order valence-corrected chi connectivity index (χ1v) is 19.0. The van der Waals surface area contributed by atoms with Crippen molar-refractivity contribution in [3.63, 3.8) is 0 Å². The molecule has 0 aliphatic heterocycles. The fourth-order valence-electron chi connectivity index (χ4n) is 8.34. The zero-order chi connectivity index (χ0) is 36.7. The number of aromatic nitrogens is 3. The Balaban J connectivity index is 1.05. The lowest BCUT2D eigenvalue weighted by Crippen LogP contribution is -2.00. The molecule has 10 rings (SSSR count). The van der Waals surface area contributed by atoms with Crippen LogP contribution in [0, 0.1) is 0 Å². The first-order valence-electron chi connectivity index (χ1n) is 19.0. The van der Waals surface area contributed by atoms with Crippen LogP contribution >= 0.6 is 0 Å². The van der Waals surface area contributed by atoms with Gasteiger partial charge < -0.3 is 0 Å². The molecule has 260 valence electrons. The first kappa shape index (κ1) is 32.5. The number of pyridine rings is 1. The number of nitrogens with zero attached hydrogens (tertiary/aromatic N) is 3. The predicted molar refractivity (Wildman–Crippen MR) is 230 cm³/mol. The number of benzene rings is 8. The maximum absolute atomic E-state index is 4.92. The van der Waals surface area contributed by atoms with E-state index in [1.807, 2.05) is 18.5 Å². The van der Waals surface area contributed by atoms with Crippen LogP contribution in [0.1, 0.15) is 12.7 Å². The minimum atomic E-state index is 0.861. The second-order valence-electron chi connectivity index (χ2n) is 14.0. The summed E-state index contributed by atoms with van der Waals surface area (Å²) in [6, 6.07) is 65.8. The summed E-state index contributed by atoms with van der Waals surface area (Å²) >= 11 is 0. The van der Waals surface area contributed by atoms with E-state index in [1.165, 1.54) is 71.6 Å². The van der Waals surface area contributed by atoms with E-state index in [9.17, 15) is 0 Å². The van der Waals surface area contributed by atoms with E-state index in [1.54, 1.807) is 0 Å². The van der Waals surface area contributed by atoms with Gasteiger partial charge in [0.25, 0.3) is 0 Å². The van der Waals surface area contributed by atoms with Gasteiger partial charge in [-0.1, -0.05) is 153 Å². The topological polar surface area (TPSA) is 30.7 Å². The average Bonchev–Trinajstić information content (AvgIpc) is 3.65. The molecule has 8 aromatic carbocycles. The number of rotatable bonds is 7. The normalized spacial score (nSPS) is 11.4. The van der Waals surface area contributed by atoms with Crippen molar-refractivity contribution in [2.75, 3.05) is 0 Å². The first-order chi connectivity index (χ1) is 27.2. The third-order valence-electron chi connectivity index (χ3n) is 10.9. The van der Waals surface area contributed by atoms with Crippen LogP contribution < -0.4 is 0 Å². The smallest absolute Gasteiger partial charge is 0.114 e. The molecule has 3 nitrogen and oxygen atoms in total. The minimum Gasteiger partial charge on any atom is -0.296 e. The van der Waals surface area contributed by atoms with Gasteiger partial charge in [0, 0.05) is 30.1 Å². The number of imidazole rings is 1. The SMILES string of the molecule is CCc1nc2ccccc2n1-c1cccc(-c2cccc(-c3ccc(-c4c5ccccc5c(-c5ccccc5-c5cccnc5)c5ccccc45)cc3)c2)c1. The summed E-state index contributed by atoms with van der Waals surface area (Å²) in [6.45, 7) is 2.17. The average molecular weight is 704 g/mol. The van der Waals surface area contributed by atoms with E-state index in [-0.39, 0.29) is 0 Å². The molecule has 0 aliphatic rings. The zero-order valence-corrected chi connectivity index (χ0v) is 30.5. The molecule has 0 bridgehead atoms. The van der Waals surface area contributed by atoms with Gasteiger partial charge in [0.15, 0.2) is 0 Å². The van der Waals surface area contributed by atoms with Crippen molar-refractivity contribution in [1.29, 1.82) is 0 Å². The Morgan fingerprint density at radius 3 is 1.69 bits per heavy atom. The third-order valence-corrected chi connectivity index (χ3v) is 10.9. The van der Waals surface area contributed by atoms with Gasteiger partial charge in [-0.3, -0.25) is 9.55 Å². The van der Waals surface area contributed by atoms with Crippen LogP contribution in [0.15, 0.2) is 194 Å². The van der Waals surface area contributed by atoms with Crippen LogP contribution in [0.5, 0.6) is 0 Å². The molecule has 0 unspecified atom stereocenters. The second kappa shape index (κ2) is 13.7. The van der Waals surface area contributed by atoms with Gasteiger partial charge in [-0.25, -0.2) is 4.98 Å². The number of hydrogen-bond acceptors (Lipinski definition) is 2. The molecular formula is C52H37N3. The summed E-state index contributed by atoms with van der Waals surface area (Å²) in [4.78, 5) is 9.37. The van der Waals surface area contributed by atoms with Gasteiger partial charge in [0.05, 0.1) is 11.0 Å². The van der Waals surface area contributed by atoms with Crippen molar-refractivity contribution < 1.29 is 0 Å². The predicted octanol–water partition coefficient (Wildman–Crippen LogP) is 13.6. The fraction of sp³-hybridized carbons (Fsp3) is 0.0385. The van der Waals surface area contributed by atoms with Gasteiger partial charge in [-0.15, -0.1) is 0 Å². The van der Waals surface area contributed by atoms with E-state index in [0.717, 1.165) is 34.5 Å². The lowest BCUT2D eigenvalue weighted by Gasteiger charge is -2.19. The Bertz CT molecular complexity index is 2950. The van der Waals surface area contributed by atoms with Gasteiger partial charge in [0.1, 0.15) is 5.82 Å². The molecule has 0 aliphatic carbocycles. The van der Waals surface area contributed by atoms with E-state index in [2.05, 4.69) is 192 Å². The van der Waals surface area contributed by atoms with Crippen molar-refractivity contribution in [1.82, 2.24) is 14.5 Å². The highest BCUT2D eigenvalue weighted by atomic mass is 15.1. The fourth-order valence-corrected chi connectivity index (χ4v) is 8.34. The molecule has 0 saturated carbocycles. The molecule has 2 aromatic heterocycles. The van der Waals surface area contributed by atoms with E-state index in [4.69, 9.17) is 4.98 Å². The lowest BCUT2D eigenvalue weighted by atomic mass is 9.84. The number of aryl methyl sites for hydroxylation is 1. The van der Waals surface area contributed by atoms with Gasteiger partial charge >= 0.3 is 0 Å². The zero-order valence-electron chi connectivity index (χ0n) is 30.5.